The summed E-state index contributed by atoms with van der Waals surface area (Å²) in [5.41, 5.74) is 0. The SMILES string of the molecule is C=CCCCCCCCCCCCCCCCC.O=C1CC(O)C(=O)O1. The van der Waals surface area contributed by atoms with Crippen molar-refractivity contribution in [2.75, 3.05) is 0 Å². The predicted molar refractivity (Wildman–Crippen MR) is 107 cm³/mol. The van der Waals surface area contributed by atoms with E-state index >= 15 is 0 Å². The predicted octanol–water partition coefficient (Wildman–Crippen LogP) is 5.86. The van der Waals surface area contributed by atoms with E-state index in [4.69, 9.17) is 5.11 Å². The Morgan fingerprint density at radius 3 is 1.58 bits per heavy atom. The molecule has 1 unspecified atom stereocenters. The third-order valence-electron chi connectivity index (χ3n) is 4.61. The largest absolute Gasteiger partial charge is 0.391 e. The Kier molecular flexibility index (Phi) is 17.8. The second-order valence-electron chi connectivity index (χ2n) is 7.19. The highest BCUT2D eigenvalue weighted by Gasteiger charge is 2.30. The molecule has 0 radical (unpaired) electrons. The Hall–Kier alpha value is -1.16. The molecule has 1 aliphatic rings. The molecule has 0 saturated carbocycles. The smallest absolute Gasteiger partial charge is 0.343 e. The van der Waals surface area contributed by atoms with Gasteiger partial charge < -0.3 is 9.84 Å². The van der Waals surface area contributed by atoms with Gasteiger partial charge in [-0.25, -0.2) is 4.79 Å². The number of aliphatic hydroxyl groups excluding tert-OH is 1. The van der Waals surface area contributed by atoms with Crippen LogP contribution in [0.5, 0.6) is 0 Å². The molecule has 1 saturated heterocycles. The van der Waals surface area contributed by atoms with Gasteiger partial charge in [0.15, 0.2) is 6.10 Å². The van der Waals surface area contributed by atoms with Crippen molar-refractivity contribution >= 4 is 11.9 Å². The van der Waals surface area contributed by atoms with Crippen LogP contribution in [0, 0.1) is 0 Å². The number of rotatable bonds is 15. The van der Waals surface area contributed by atoms with Gasteiger partial charge in [0.05, 0.1) is 6.42 Å². The number of hydrogen-bond acceptors (Lipinski definition) is 4. The van der Waals surface area contributed by atoms with Gasteiger partial charge in [-0.05, 0) is 12.8 Å². The lowest BCUT2D eigenvalue weighted by Crippen LogP contribution is -2.11. The van der Waals surface area contributed by atoms with Crippen molar-refractivity contribution in [3.63, 3.8) is 0 Å². The van der Waals surface area contributed by atoms with Gasteiger partial charge in [0.2, 0.25) is 0 Å². The van der Waals surface area contributed by atoms with Crippen LogP contribution in [0.25, 0.3) is 0 Å². The van der Waals surface area contributed by atoms with Crippen LogP contribution < -0.4 is 0 Å². The average molecular weight is 369 g/mol. The lowest BCUT2D eigenvalue weighted by Gasteiger charge is -2.02. The number of allylic oxidation sites excluding steroid dienone is 1. The average Bonchev–Trinajstić information content (AvgIpc) is 2.91. The molecule has 0 bridgehead atoms. The summed E-state index contributed by atoms with van der Waals surface area (Å²) in [4.78, 5) is 20.2. The molecule has 1 fully saturated rings. The van der Waals surface area contributed by atoms with Crippen LogP contribution >= 0.6 is 0 Å². The number of ether oxygens (including phenoxy) is 1. The molecule has 4 heteroatoms. The molecule has 1 N–H and O–H groups in total. The van der Waals surface area contributed by atoms with E-state index < -0.39 is 18.0 Å². The van der Waals surface area contributed by atoms with Gasteiger partial charge in [0.25, 0.3) is 0 Å². The first-order valence-corrected chi connectivity index (χ1v) is 10.6. The van der Waals surface area contributed by atoms with Gasteiger partial charge >= 0.3 is 11.9 Å². The molecule has 0 aromatic rings. The molecule has 1 rings (SSSR count). The molecule has 0 amide bonds. The molecule has 152 valence electrons. The topological polar surface area (TPSA) is 63.6 Å². The molecule has 1 heterocycles. The number of aliphatic hydroxyl groups is 1. The highest BCUT2D eigenvalue weighted by molar-refractivity contribution is 5.95. The summed E-state index contributed by atoms with van der Waals surface area (Å²) in [6.07, 6.45) is 22.0. The molecule has 26 heavy (non-hydrogen) atoms. The molecular formula is C22H40O4. The summed E-state index contributed by atoms with van der Waals surface area (Å²) >= 11 is 0. The van der Waals surface area contributed by atoms with Crippen LogP contribution in [-0.2, 0) is 14.3 Å². The molecule has 0 aliphatic carbocycles. The summed E-state index contributed by atoms with van der Waals surface area (Å²) < 4.78 is 3.95. The van der Waals surface area contributed by atoms with Crippen LogP contribution in [-0.4, -0.2) is 23.1 Å². The van der Waals surface area contributed by atoms with E-state index in [1.165, 1.54) is 96.3 Å². The Bertz CT molecular complexity index is 365. The Morgan fingerprint density at radius 1 is 0.885 bits per heavy atom. The van der Waals surface area contributed by atoms with Gasteiger partial charge in [-0.3, -0.25) is 4.79 Å². The van der Waals surface area contributed by atoms with Gasteiger partial charge in [-0.1, -0.05) is 96.5 Å². The second kappa shape index (κ2) is 18.6. The number of hydrogen-bond donors (Lipinski definition) is 1. The summed E-state index contributed by atoms with van der Waals surface area (Å²) in [5, 5.41) is 8.47. The van der Waals surface area contributed by atoms with Gasteiger partial charge in [-0.15, -0.1) is 6.58 Å². The number of carbonyl (C=O) groups excluding carboxylic acids is 2. The highest BCUT2D eigenvalue weighted by atomic mass is 16.6. The zero-order valence-electron chi connectivity index (χ0n) is 16.8. The fourth-order valence-electron chi connectivity index (χ4n) is 2.95. The monoisotopic (exact) mass is 368 g/mol. The second-order valence-corrected chi connectivity index (χ2v) is 7.19. The van der Waals surface area contributed by atoms with Crippen molar-refractivity contribution in [1.82, 2.24) is 0 Å². The quantitative estimate of drug-likeness (QED) is 0.170. The first kappa shape index (κ1) is 24.8. The van der Waals surface area contributed by atoms with Gasteiger partial charge in [0, 0.05) is 0 Å². The van der Waals surface area contributed by atoms with Crippen molar-refractivity contribution in [1.29, 1.82) is 0 Å². The summed E-state index contributed by atoms with van der Waals surface area (Å²) in [6.45, 7) is 6.05. The Balaban J connectivity index is 0.000000642. The minimum Gasteiger partial charge on any atom is -0.391 e. The summed E-state index contributed by atoms with van der Waals surface area (Å²) in [6, 6.07) is 0. The summed E-state index contributed by atoms with van der Waals surface area (Å²) in [5.74, 6) is -1.49. The van der Waals surface area contributed by atoms with Crippen molar-refractivity contribution in [3.8, 4) is 0 Å². The van der Waals surface area contributed by atoms with Gasteiger partial charge in [-0.2, -0.15) is 0 Å². The molecule has 1 aliphatic heterocycles. The molecule has 0 aromatic carbocycles. The number of unbranched alkanes of at least 4 members (excludes halogenated alkanes) is 14. The standard InChI is InChI=1S/C18H36.C4H4O4/c1-3-5-7-9-11-13-15-17-18-16-14-12-10-8-6-4-2;5-2-1-3(6)8-4(2)7/h3H,1,4-18H2,2H3;2,5H,1H2. The maximum absolute atomic E-state index is 10.1. The number of carbonyl (C=O) groups is 2. The van der Waals surface area contributed by atoms with E-state index in [-0.39, 0.29) is 6.42 Å². The highest BCUT2D eigenvalue weighted by Crippen LogP contribution is 2.13. The van der Waals surface area contributed by atoms with Crippen molar-refractivity contribution < 1.29 is 19.4 Å². The van der Waals surface area contributed by atoms with Gasteiger partial charge in [0.1, 0.15) is 0 Å². The Morgan fingerprint density at radius 2 is 1.31 bits per heavy atom. The first-order chi connectivity index (χ1) is 12.6. The fourth-order valence-corrected chi connectivity index (χ4v) is 2.95. The summed E-state index contributed by atoms with van der Waals surface area (Å²) in [7, 11) is 0. The van der Waals surface area contributed by atoms with Crippen molar-refractivity contribution in [3.05, 3.63) is 12.7 Å². The van der Waals surface area contributed by atoms with Crippen molar-refractivity contribution in [2.24, 2.45) is 0 Å². The van der Waals surface area contributed by atoms with Crippen LogP contribution in [0.15, 0.2) is 12.7 Å². The van der Waals surface area contributed by atoms with E-state index in [0.717, 1.165) is 0 Å². The molecule has 0 aromatic heterocycles. The zero-order chi connectivity index (χ0) is 19.5. The van der Waals surface area contributed by atoms with E-state index in [9.17, 15) is 9.59 Å². The van der Waals surface area contributed by atoms with Crippen molar-refractivity contribution in [2.45, 2.75) is 116 Å². The zero-order valence-corrected chi connectivity index (χ0v) is 16.8. The molecule has 4 nitrogen and oxygen atoms in total. The van der Waals surface area contributed by atoms with E-state index in [1.54, 1.807) is 0 Å². The van der Waals surface area contributed by atoms with E-state index in [0.29, 0.717) is 0 Å². The molecular weight excluding hydrogens is 328 g/mol. The number of esters is 2. The lowest BCUT2D eigenvalue weighted by atomic mass is 10.0. The van der Waals surface area contributed by atoms with Crippen LogP contribution in [0.3, 0.4) is 0 Å². The maximum Gasteiger partial charge on any atom is 0.343 e. The molecule has 1 atom stereocenters. The molecule has 0 spiro atoms. The van der Waals surface area contributed by atoms with Crippen LogP contribution in [0.2, 0.25) is 0 Å². The lowest BCUT2D eigenvalue weighted by molar-refractivity contribution is -0.154. The minimum atomic E-state index is -1.22. The maximum atomic E-state index is 10.1. The third-order valence-corrected chi connectivity index (χ3v) is 4.61. The van der Waals surface area contributed by atoms with Crippen LogP contribution in [0.4, 0.5) is 0 Å². The minimum absolute atomic E-state index is 0.196. The third kappa shape index (κ3) is 16.3. The van der Waals surface area contributed by atoms with E-state index in [1.807, 2.05) is 6.08 Å². The first-order valence-electron chi connectivity index (χ1n) is 10.6. The number of cyclic esters (lactones) is 2. The Labute approximate surface area is 160 Å². The normalized spacial score (nSPS) is 16.2. The van der Waals surface area contributed by atoms with Crippen LogP contribution in [0.1, 0.15) is 110 Å². The fraction of sp³-hybridized carbons (Fsp3) is 0.818. The van der Waals surface area contributed by atoms with E-state index in [2.05, 4.69) is 18.2 Å².